The van der Waals surface area contributed by atoms with Crippen molar-refractivity contribution in [1.29, 1.82) is 0 Å². The smallest absolute Gasteiger partial charge is 0.317 e. The van der Waals surface area contributed by atoms with Crippen molar-refractivity contribution in [3.8, 4) is 0 Å². The van der Waals surface area contributed by atoms with Crippen molar-refractivity contribution in [2.24, 2.45) is 14.1 Å². The maximum atomic E-state index is 13.1. The average Bonchev–Trinajstić information content (AvgIpc) is 3.10. The van der Waals surface area contributed by atoms with Gasteiger partial charge in [0, 0.05) is 31.2 Å². The van der Waals surface area contributed by atoms with Gasteiger partial charge in [0.2, 0.25) is 0 Å². The molecule has 0 radical (unpaired) electrons. The lowest BCUT2D eigenvalue weighted by atomic mass is 10.00. The van der Waals surface area contributed by atoms with Crippen molar-refractivity contribution in [3.05, 3.63) is 61.0 Å². The summed E-state index contributed by atoms with van der Waals surface area (Å²) >= 11 is 3.48. The molecular formula is C22H28BrN5O2. The Bertz CT molecular complexity index is 1180. The normalized spacial score (nSPS) is 17.7. The molecule has 30 heavy (non-hydrogen) atoms. The Labute approximate surface area is 184 Å². The van der Waals surface area contributed by atoms with Crippen molar-refractivity contribution >= 4 is 27.1 Å². The fraction of sp³-hybridized carbons (Fsp3) is 0.500. The van der Waals surface area contributed by atoms with Gasteiger partial charge in [-0.05, 0) is 43.5 Å². The third-order valence-corrected chi connectivity index (χ3v) is 6.77. The number of aryl methyl sites for hydroxylation is 1. The number of rotatable bonds is 5. The lowest BCUT2D eigenvalue weighted by Crippen LogP contribution is -2.39. The van der Waals surface area contributed by atoms with Crippen LogP contribution < -0.4 is 11.2 Å². The third-order valence-electron chi connectivity index (χ3n) is 6.25. The lowest BCUT2D eigenvalue weighted by Gasteiger charge is -2.34. The molecule has 4 rings (SSSR count). The summed E-state index contributed by atoms with van der Waals surface area (Å²) in [6.45, 7) is 4.49. The Morgan fingerprint density at radius 3 is 2.50 bits per heavy atom. The van der Waals surface area contributed by atoms with Crippen LogP contribution in [0.5, 0.6) is 0 Å². The molecule has 1 saturated heterocycles. The quantitative estimate of drug-likeness (QED) is 0.571. The summed E-state index contributed by atoms with van der Waals surface area (Å²) in [7, 11) is 3.21. The number of aromatic nitrogens is 4. The second-order valence-corrected chi connectivity index (χ2v) is 9.06. The van der Waals surface area contributed by atoms with E-state index in [0.717, 1.165) is 28.8 Å². The number of hydrogen-bond acceptors (Lipinski definition) is 4. The van der Waals surface area contributed by atoms with Crippen LogP contribution in [0.4, 0.5) is 0 Å². The standard InChI is InChI=1S/C22H28BrN5O2/c1-4-17-7-5-6-12-27(17)14-18-24-20-19(21(29)26(3)22(30)25(20)2)28(18)13-15-8-10-16(23)11-9-15/h8-11,17H,4-7,12-14H2,1-3H3/t17-/m1/s1. The number of benzene rings is 1. The Hall–Kier alpha value is -2.19. The van der Waals surface area contributed by atoms with Gasteiger partial charge < -0.3 is 4.57 Å². The Balaban J connectivity index is 1.86. The summed E-state index contributed by atoms with van der Waals surface area (Å²) < 4.78 is 5.66. The predicted molar refractivity (Wildman–Crippen MR) is 122 cm³/mol. The Morgan fingerprint density at radius 2 is 1.80 bits per heavy atom. The van der Waals surface area contributed by atoms with Crippen LogP contribution in [0, 0.1) is 0 Å². The molecule has 0 amide bonds. The largest absolute Gasteiger partial charge is 0.332 e. The van der Waals surface area contributed by atoms with E-state index in [1.54, 1.807) is 7.05 Å². The number of nitrogens with zero attached hydrogens (tertiary/aromatic N) is 5. The van der Waals surface area contributed by atoms with Crippen LogP contribution in [-0.2, 0) is 27.2 Å². The van der Waals surface area contributed by atoms with Gasteiger partial charge in [-0.1, -0.05) is 41.4 Å². The molecular weight excluding hydrogens is 446 g/mol. The van der Waals surface area contributed by atoms with Gasteiger partial charge in [-0.3, -0.25) is 18.8 Å². The van der Waals surface area contributed by atoms with Gasteiger partial charge in [0.25, 0.3) is 5.56 Å². The molecule has 8 heteroatoms. The van der Waals surface area contributed by atoms with Crippen LogP contribution in [0.2, 0.25) is 0 Å². The van der Waals surface area contributed by atoms with Gasteiger partial charge in [-0.2, -0.15) is 0 Å². The van der Waals surface area contributed by atoms with Crippen molar-refractivity contribution in [1.82, 2.24) is 23.6 Å². The van der Waals surface area contributed by atoms with E-state index in [1.807, 2.05) is 28.8 Å². The molecule has 1 aliphatic rings. The molecule has 0 N–H and O–H groups in total. The predicted octanol–water partition coefficient (Wildman–Crippen LogP) is 3.01. The van der Waals surface area contributed by atoms with Crippen LogP contribution in [0.15, 0.2) is 38.3 Å². The summed E-state index contributed by atoms with van der Waals surface area (Å²) in [4.78, 5) is 32.8. The topological polar surface area (TPSA) is 65.1 Å². The van der Waals surface area contributed by atoms with E-state index in [0.29, 0.717) is 30.3 Å². The Morgan fingerprint density at radius 1 is 1.07 bits per heavy atom. The molecule has 0 saturated carbocycles. The monoisotopic (exact) mass is 473 g/mol. The summed E-state index contributed by atoms with van der Waals surface area (Å²) in [6, 6.07) is 8.62. The number of halogens is 1. The number of piperidine rings is 1. The van der Waals surface area contributed by atoms with Crippen molar-refractivity contribution in [2.45, 2.75) is 51.7 Å². The average molecular weight is 474 g/mol. The molecule has 0 spiro atoms. The van der Waals surface area contributed by atoms with Crippen molar-refractivity contribution in [2.75, 3.05) is 6.54 Å². The first-order valence-corrected chi connectivity index (χ1v) is 11.3. The van der Waals surface area contributed by atoms with Gasteiger partial charge in [-0.15, -0.1) is 0 Å². The highest BCUT2D eigenvalue weighted by molar-refractivity contribution is 9.10. The van der Waals surface area contributed by atoms with Gasteiger partial charge in [0.1, 0.15) is 5.82 Å². The molecule has 1 aliphatic heterocycles. The van der Waals surface area contributed by atoms with Gasteiger partial charge in [0.05, 0.1) is 6.54 Å². The van der Waals surface area contributed by atoms with E-state index in [9.17, 15) is 9.59 Å². The fourth-order valence-corrected chi connectivity index (χ4v) is 4.73. The summed E-state index contributed by atoms with van der Waals surface area (Å²) in [6.07, 6.45) is 4.75. The van der Waals surface area contributed by atoms with Crippen LogP contribution in [0.25, 0.3) is 11.2 Å². The molecule has 0 aliphatic carbocycles. The fourth-order valence-electron chi connectivity index (χ4n) is 4.47. The van der Waals surface area contributed by atoms with E-state index >= 15 is 0 Å². The molecule has 7 nitrogen and oxygen atoms in total. The van der Waals surface area contributed by atoms with E-state index in [1.165, 1.54) is 35.4 Å². The summed E-state index contributed by atoms with van der Waals surface area (Å²) in [5.74, 6) is 0.839. The second kappa shape index (κ2) is 8.51. The minimum Gasteiger partial charge on any atom is -0.317 e. The molecule has 1 fully saturated rings. The molecule has 3 heterocycles. The zero-order valence-corrected chi connectivity index (χ0v) is 19.4. The van der Waals surface area contributed by atoms with Crippen LogP contribution in [0.1, 0.15) is 44.0 Å². The molecule has 160 valence electrons. The minimum atomic E-state index is -0.350. The van der Waals surface area contributed by atoms with Crippen LogP contribution >= 0.6 is 15.9 Å². The first-order chi connectivity index (χ1) is 14.4. The van der Waals surface area contributed by atoms with Gasteiger partial charge >= 0.3 is 5.69 Å². The number of fused-ring (bicyclic) bond motifs is 1. The maximum Gasteiger partial charge on any atom is 0.332 e. The third kappa shape index (κ3) is 3.78. The number of hydrogen-bond donors (Lipinski definition) is 0. The van der Waals surface area contributed by atoms with E-state index in [4.69, 9.17) is 4.98 Å². The second-order valence-electron chi connectivity index (χ2n) is 8.15. The zero-order valence-electron chi connectivity index (χ0n) is 17.8. The lowest BCUT2D eigenvalue weighted by molar-refractivity contribution is 0.131. The van der Waals surface area contributed by atoms with Gasteiger partial charge in [0.15, 0.2) is 11.2 Å². The molecule has 1 atom stereocenters. The van der Waals surface area contributed by atoms with E-state index in [2.05, 4.69) is 27.8 Å². The number of likely N-dealkylation sites (tertiary alicyclic amines) is 1. The molecule has 0 unspecified atom stereocenters. The summed E-state index contributed by atoms with van der Waals surface area (Å²) in [5.41, 5.74) is 1.38. The van der Waals surface area contributed by atoms with Crippen molar-refractivity contribution in [3.63, 3.8) is 0 Å². The highest BCUT2D eigenvalue weighted by atomic mass is 79.9. The number of imidazole rings is 1. The van der Waals surface area contributed by atoms with E-state index in [-0.39, 0.29) is 11.2 Å². The van der Waals surface area contributed by atoms with Crippen molar-refractivity contribution < 1.29 is 0 Å². The SMILES string of the molecule is CC[C@@H]1CCCCN1Cc1nc2c(c(=O)n(C)c(=O)n2C)n1Cc1ccc(Br)cc1. The molecule has 1 aromatic carbocycles. The van der Waals surface area contributed by atoms with Crippen LogP contribution in [-0.4, -0.2) is 36.2 Å². The Kier molecular flexibility index (Phi) is 5.97. The summed E-state index contributed by atoms with van der Waals surface area (Å²) in [5, 5.41) is 0. The first kappa shape index (κ1) is 21.1. The maximum absolute atomic E-state index is 13.1. The zero-order chi connectivity index (χ0) is 21.4. The molecule has 0 bridgehead atoms. The first-order valence-electron chi connectivity index (χ1n) is 10.5. The molecule has 3 aromatic rings. The highest BCUT2D eigenvalue weighted by Crippen LogP contribution is 2.23. The minimum absolute atomic E-state index is 0.297. The molecule has 2 aromatic heterocycles. The van der Waals surface area contributed by atoms with E-state index < -0.39 is 0 Å². The highest BCUT2D eigenvalue weighted by Gasteiger charge is 2.25. The van der Waals surface area contributed by atoms with Gasteiger partial charge in [-0.25, -0.2) is 9.78 Å². The van der Waals surface area contributed by atoms with Crippen LogP contribution in [0.3, 0.4) is 0 Å².